The number of urea groups is 1. The smallest absolute Gasteiger partial charge is 0.332 e. The quantitative estimate of drug-likeness (QED) is 0.197. The van der Waals surface area contributed by atoms with Crippen molar-refractivity contribution in [1.29, 1.82) is 0 Å². The fourth-order valence-corrected chi connectivity index (χ4v) is 7.32. The minimum Gasteiger partial charge on any atom is -0.393 e. The molecule has 0 saturated carbocycles. The molecular weight excluding hydrogens is 532 g/mol. The van der Waals surface area contributed by atoms with Crippen LogP contribution >= 0.6 is 11.8 Å². The monoisotopic (exact) mass is 576 g/mol. The van der Waals surface area contributed by atoms with Gasteiger partial charge in [-0.15, -0.1) is 0 Å². The Balaban J connectivity index is 1.32. The summed E-state index contributed by atoms with van der Waals surface area (Å²) in [4.78, 5) is 55.4. The highest BCUT2D eigenvalue weighted by atomic mass is 32.2. The van der Waals surface area contributed by atoms with E-state index in [1.807, 2.05) is 18.0 Å². The summed E-state index contributed by atoms with van der Waals surface area (Å²) in [5.41, 5.74) is -0.108. The Labute approximate surface area is 239 Å². The van der Waals surface area contributed by atoms with Gasteiger partial charge in [0, 0.05) is 43.3 Å². The first-order valence-corrected chi connectivity index (χ1v) is 15.9. The zero-order chi connectivity index (χ0) is 28.6. The summed E-state index contributed by atoms with van der Waals surface area (Å²) in [5.74, 6) is 1.54. The number of unbranched alkanes of at least 4 members (excludes halogenated alkanes) is 2. The minimum absolute atomic E-state index is 0.0621. The van der Waals surface area contributed by atoms with Gasteiger partial charge in [-0.25, -0.2) is 14.6 Å². The van der Waals surface area contributed by atoms with E-state index in [2.05, 4.69) is 27.9 Å². The van der Waals surface area contributed by atoms with Crippen LogP contribution < -0.4 is 27.2 Å². The number of carbonyl (C=O) groups is 2. The van der Waals surface area contributed by atoms with E-state index in [1.165, 1.54) is 9.13 Å². The highest BCUT2D eigenvalue weighted by Gasteiger charge is 2.42. The fourth-order valence-electron chi connectivity index (χ4n) is 5.78. The molecular formula is C28H44N6O5S. The van der Waals surface area contributed by atoms with Crippen molar-refractivity contribution >= 4 is 35.7 Å². The van der Waals surface area contributed by atoms with Gasteiger partial charge >= 0.3 is 11.7 Å². The second kappa shape index (κ2) is 14.3. The van der Waals surface area contributed by atoms with E-state index in [-0.39, 0.29) is 48.6 Å². The number of hydrogen-bond donors (Lipinski definition) is 4. The summed E-state index contributed by atoms with van der Waals surface area (Å²) in [7, 11) is 0. The van der Waals surface area contributed by atoms with E-state index in [0.29, 0.717) is 48.9 Å². The predicted molar refractivity (Wildman–Crippen MR) is 158 cm³/mol. The van der Waals surface area contributed by atoms with Crippen LogP contribution in [0.3, 0.4) is 0 Å². The lowest BCUT2D eigenvalue weighted by Crippen LogP contribution is -2.43. The number of rotatable bonds is 14. The molecule has 2 saturated heterocycles. The van der Waals surface area contributed by atoms with Crippen molar-refractivity contribution in [2.45, 2.75) is 115 Å². The number of thioether (sulfide) groups is 1. The number of aromatic nitrogens is 2. The Hall–Kier alpha value is -2.60. The number of aliphatic hydroxyl groups is 1. The van der Waals surface area contributed by atoms with Gasteiger partial charge < -0.3 is 21.1 Å². The number of amides is 3. The van der Waals surface area contributed by atoms with E-state index in [1.54, 1.807) is 6.92 Å². The van der Waals surface area contributed by atoms with Gasteiger partial charge in [0.1, 0.15) is 5.82 Å². The average Bonchev–Trinajstić information content (AvgIpc) is 3.38. The lowest BCUT2D eigenvalue weighted by molar-refractivity contribution is -0.121. The first-order valence-electron chi connectivity index (χ1n) is 14.8. The molecule has 222 valence electrons. The van der Waals surface area contributed by atoms with Gasteiger partial charge in [0.05, 0.1) is 23.8 Å². The van der Waals surface area contributed by atoms with E-state index in [4.69, 9.17) is 0 Å². The molecule has 3 amide bonds. The highest BCUT2D eigenvalue weighted by Crippen LogP contribution is 2.33. The third kappa shape index (κ3) is 7.57. The first kappa shape index (κ1) is 30.4. The summed E-state index contributed by atoms with van der Waals surface area (Å²) < 4.78 is 2.84. The van der Waals surface area contributed by atoms with Crippen molar-refractivity contribution in [3.05, 3.63) is 26.4 Å². The maximum Gasteiger partial charge on any atom is 0.332 e. The third-order valence-electron chi connectivity index (χ3n) is 8.18. The lowest BCUT2D eigenvalue weighted by atomic mass is 10.0. The van der Waals surface area contributed by atoms with Crippen LogP contribution in [-0.2, 0) is 24.3 Å². The molecule has 5 atom stereocenters. The van der Waals surface area contributed by atoms with Gasteiger partial charge in [-0.1, -0.05) is 13.3 Å². The maximum absolute atomic E-state index is 13.4. The molecule has 2 unspecified atom stereocenters. The molecule has 11 nitrogen and oxygen atoms in total. The second-order valence-electron chi connectivity index (χ2n) is 11.2. The number of aliphatic hydroxyl groups excluding tert-OH is 1. The summed E-state index contributed by atoms with van der Waals surface area (Å²) in [6.07, 6.45) is 8.72. The number of nitrogens with one attached hydrogen (secondary N) is 3. The highest BCUT2D eigenvalue weighted by molar-refractivity contribution is 8.00. The first-order chi connectivity index (χ1) is 19.3. The Kier molecular flexibility index (Phi) is 10.9. The molecule has 1 aromatic rings. The van der Waals surface area contributed by atoms with Crippen molar-refractivity contribution < 1.29 is 14.7 Å². The van der Waals surface area contributed by atoms with Crippen LogP contribution in [0.2, 0.25) is 0 Å². The molecule has 4 rings (SSSR count). The van der Waals surface area contributed by atoms with Crippen molar-refractivity contribution in [3.63, 3.8) is 0 Å². The molecule has 4 heterocycles. The van der Waals surface area contributed by atoms with Gasteiger partial charge in [-0.05, 0) is 64.2 Å². The minimum atomic E-state index is -0.411. The van der Waals surface area contributed by atoms with Crippen LogP contribution in [0.25, 0.3) is 0 Å². The van der Waals surface area contributed by atoms with Crippen LogP contribution in [0.15, 0.2) is 14.6 Å². The molecule has 3 aliphatic heterocycles. The second-order valence-corrected chi connectivity index (χ2v) is 12.5. The molecule has 0 aliphatic carbocycles. The lowest BCUT2D eigenvalue weighted by Gasteiger charge is -2.17. The van der Waals surface area contributed by atoms with Crippen molar-refractivity contribution in [3.8, 4) is 0 Å². The average molecular weight is 577 g/mol. The van der Waals surface area contributed by atoms with Crippen molar-refractivity contribution in [1.82, 2.24) is 25.1 Å². The van der Waals surface area contributed by atoms with Gasteiger partial charge in [-0.3, -0.25) is 18.7 Å². The summed E-state index contributed by atoms with van der Waals surface area (Å²) in [6, 6.07) is 0.301. The van der Waals surface area contributed by atoms with Crippen LogP contribution in [-0.4, -0.2) is 68.1 Å². The van der Waals surface area contributed by atoms with E-state index in [0.717, 1.165) is 44.3 Å². The predicted octanol–water partition coefficient (Wildman–Crippen LogP) is 2.08. The molecule has 3 aliphatic rings. The Morgan fingerprint density at radius 3 is 2.77 bits per heavy atom. The van der Waals surface area contributed by atoms with Crippen molar-refractivity contribution in [2.75, 3.05) is 12.3 Å². The number of nitrogens with zero attached hydrogens (tertiary/aromatic N) is 3. The molecule has 0 spiro atoms. The summed E-state index contributed by atoms with van der Waals surface area (Å²) in [5, 5.41) is 18.8. The SMILES string of the molecule is CCC1C=Nc2c(c(=O)n(CCCC[C@@H](C)O)c(=O)n2CCNC(=O)CCCCC2SC[C@@H]3NC(=O)N[C@H]23)CC1. The van der Waals surface area contributed by atoms with Gasteiger partial charge in [0.2, 0.25) is 5.91 Å². The van der Waals surface area contributed by atoms with E-state index >= 15 is 0 Å². The molecule has 1 aromatic heterocycles. The van der Waals surface area contributed by atoms with Crippen LogP contribution in [0.1, 0.15) is 77.2 Å². The Morgan fingerprint density at radius 1 is 1.18 bits per heavy atom. The standard InChI is InChI=1S/C28H44N6O5S/c1-3-19-11-12-20-25(30-16-19)33(28(39)34(26(20)37)14-7-6-8-18(2)35)15-13-29-23(36)10-5-4-9-22-24-21(17-40-22)31-27(38)32-24/h16,18-19,21-22,24,35H,3-15,17H2,1-2H3,(H,29,36)(H2,31,32,38)/t18-,19?,21+,22?,24+/m1/s1. The van der Waals surface area contributed by atoms with Gasteiger partial charge in [0.25, 0.3) is 5.56 Å². The number of hydrogen-bond acceptors (Lipinski definition) is 7. The Morgan fingerprint density at radius 2 is 2.00 bits per heavy atom. The van der Waals surface area contributed by atoms with Crippen LogP contribution in [0.4, 0.5) is 10.6 Å². The summed E-state index contributed by atoms with van der Waals surface area (Å²) >= 11 is 1.87. The largest absolute Gasteiger partial charge is 0.393 e. The molecule has 12 heteroatoms. The van der Waals surface area contributed by atoms with Gasteiger partial charge in [0.15, 0.2) is 0 Å². The molecule has 40 heavy (non-hydrogen) atoms. The molecule has 0 bridgehead atoms. The third-order valence-corrected chi connectivity index (χ3v) is 9.69. The summed E-state index contributed by atoms with van der Waals surface area (Å²) in [6.45, 7) is 4.63. The molecule has 0 aromatic carbocycles. The molecule has 4 N–H and O–H groups in total. The number of aliphatic imine (C=N–C) groups is 1. The molecule has 2 fully saturated rings. The fraction of sp³-hybridized carbons (Fsp3) is 0.750. The van der Waals surface area contributed by atoms with E-state index in [9.17, 15) is 24.3 Å². The number of fused-ring (bicyclic) bond motifs is 2. The van der Waals surface area contributed by atoms with Gasteiger partial charge in [-0.2, -0.15) is 11.8 Å². The van der Waals surface area contributed by atoms with Crippen LogP contribution in [0, 0.1) is 5.92 Å². The van der Waals surface area contributed by atoms with E-state index < -0.39 is 11.8 Å². The zero-order valence-corrected chi connectivity index (χ0v) is 24.5. The normalized spacial score (nSPS) is 24.1. The topological polar surface area (TPSA) is 147 Å². The zero-order valence-electron chi connectivity index (χ0n) is 23.7. The maximum atomic E-state index is 13.4. The Bertz CT molecular complexity index is 1190. The number of carbonyl (C=O) groups excluding carboxylic acids is 2. The van der Waals surface area contributed by atoms with Crippen LogP contribution in [0.5, 0.6) is 0 Å². The molecule has 0 radical (unpaired) electrons. The van der Waals surface area contributed by atoms with Crippen molar-refractivity contribution in [2.24, 2.45) is 10.9 Å².